The quantitative estimate of drug-likeness (QED) is 0.664. The Morgan fingerprint density at radius 3 is 2.63 bits per heavy atom. The second-order valence-corrected chi connectivity index (χ2v) is 6.16. The Kier molecular flexibility index (Phi) is 4.49. The summed E-state index contributed by atoms with van der Waals surface area (Å²) in [6.45, 7) is 0. The third kappa shape index (κ3) is 3.10. The van der Waals surface area contributed by atoms with Gasteiger partial charge in [0.2, 0.25) is 0 Å². The Morgan fingerprint density at radius 1 is 1.37 bits per heavy atom. The fourth-order valence-corrected chi connectivity index (χ4v) is 3.26. The molecule has 0 saturated carbocycles. The molecular weight excluding hydrogens is 350 g/mol. The van der Waals surface area contributed by atoms with Crippen molar-refractivity contribution < 1.29 is 14.3 Å². The largest absolute Gasteiger partial charge is 0.493 e. The molecule has 19 heavy (non-hydrogen) atoms. The molecule has 1 aliphatic rings. The molecule has 1 aromatic carbocycles. The molecule has 0 unspecified atom stereocenters. The van der Waals surface area contributed by atoms with Gasteiger partial charge in [0.05, 0.1) is 23.6 Å². The van der Waals surface area contributed by atoms with Crippen LogP contribution in [0, 0.1) is 0 Å². The number of benzene rings is 1. The zero-order valence-corrected chi connectivity index (χ0v) is 13.4. The van der Waals surface area contributed by atoms with Crippen molar-refractivity contribution in [3.05, 3.63) is 27.1 Å². The number of hydrogen-bond donors (Lipinski definition) is 1. The van der Waals surface area contributed by atoms with Gasteiger partial charge in [-0.3, -0.25) is 4.79 Å². The summed E-state index contributed by atoms with van der Waals surface area (Å²) in [5.41, 5.74) is 0.826. The number of nitrogens with one attached hydrogen (secondary N) is 1. The van der Waals surface area contributed by atoms with Crippen molar-refractivity contribution >= 4 is 56.2 Å². The number of thiocarbonyl (C=S) groups is 1. The number of rotatable bonds is 3. The van der Waals surface area contributed by atoms with E-state index in [1.807, 2.05) is 6.07 Å². The average molecular weight is 360 g/mol. The lowest BCUT2D eigenvalue weighted by molar-refractivity contribution is -0.115. The molecule has 1 saturated heterocycles. The van der Waals surface area contributed by atoms with Crippen LogP contribution in [0.5, 0.6) is 11.5 Å². The summed E-state index contributed by atoms with van der Waals surface area (Å²) in [6, 6.07) is 3.65. The Balaban J connectivity index is 2.42. The summed E-state index contributed by atoms with van der Waals surface area (Å²) in [5.74, 6) is 1.03. The van der Waals surface area contributed by atoms with E-state index in [9.17, 15) is 4.79 Å². The maximum Gasteiger partial charge on any atom is 0.263 e. The molecule has 0 spiro atoms. The third-order valence-electron chi connectivity index (χ3n) is 2.40. The van der Waals surface area contributed by atoms with Gasteiger partial charge in [-0.15, -0.1) is 0 Å². The van der Waals surface area contributed by atoms with Gasteiger partial charge < -0.3 is 14.8 Å². The van der Waals surface area contributed by atoms with Crippen LogP contribution in [0.15, 0.2) is 21.5 Å². The molecule has 100 valence electrons. The molecule has 0 aliphatic carbocycles. The summed E-state index contributed by atoms with van der Waals surface area (Å²) in [4.78, 5) is 12.2. The van der Waals surface area contributed by atoms with Gasteiger partial charge in [0.15, 0.2) is 11.5 Å². The average Bonchev–Trinajstić information content (AvgIpc) is 2.67. The van der Waals surface area contributed by atoms with Crippen molar-refractivity contribution in [2.24, 2.45) is 0 Å². The minimum absolute atomic E-state index is 0.180. The second kappa shape index (κ2) is 5.94. The van der Waals surface area contributed by atoms with E-state index >= 15 is 0 Å². The number of halogens is 1. The van der Waals surface area contributed by atoms with Crippen LogP contribution in [0.2, 0.25) is 0 Å². The topological polar surface area (TPSA) is 47.6 Å². The van der Waals surface area contributed by atoms with E-state index in [1.165, 1.54) is 11.8 Å². The lowest BCUT2D eigenvalue weighted by Crippen LogP contribution is -2.17. The van der Waals surface area contributed by atoms with Crippen LogP contribution >= 0.6 is 39.9 Å². The van der Waals surface area contributed by atoms with Crippen molar-refractivity contribution in [3.8, 4) is 11.5 Å². The molecule has 0 bridgehead atoms. The first-order chi connectivity index (χ1) is 9.05. The van der Waals surface area contributed by atoms with Gasteiger partial charge in [0, 0.05) is 0 Å². The van der Waals surface area contributed by atoms with Crippen LogP contribution in [0.3, 0.4) is 0 Å². The summed E-state index contributed by atoms with van der Waals surface area (Å²) in [7, 11) is 3.13. The Morgan fingerprint density at radius 2 is 2.11 bits per heavy atom. The molecule has 0 radical (unpaired) electrons. The Labute approximate surface area is 128 Å². The van der Waals surface area contributed by atoms with E-state index in [2.05, 4.69) is 21.2 Å². The lowest BCUT2D eigenvalue weighted by Gasteiger charge is -2.10. The smallest absolute Gasteiger partial charge is 0.263 e. The molecule has 1 amide bonds. The van der Waals surface area contributed by atoms with Crippen molar-refractivity contribution in [1.82, 2.24) is 5.32 Å². The highest BCUT2D eigenvalue weighted by Gasteiger charge is 2.22. The van der Waals surface area contributed by atoms with E-state index in [0.717, 1.165) is 10.0 Å². The molecule has 2 rings (SSSR count). The van der Waals surface area contributed by atoms with E-state index < -0.39 is 0 Å². The molecule has 4 nitrogen and oxygen atoms in total. The lowest BCUT2D eigenvalue weighted by atomic mass is 10.2. The molecule has 0 atom stereocenters. The van der Waals surface area contributed by atoms with Crippen molar-refractivity contribution in [1.29, 1.82) is 0 Å². The molecule has 0 aromatic heterocycles. The van der Waals surface area contributed by atoms with Crippen LogP contribution in [-0.4, -0.2) is 24.4 Å². The maximum absolute atomic E-state index is 11.6. The Bertz CT molecular complexity index is 587. The SMILES string of the molecule is COc1cc(/C=C2/SC(=S)NC2=O)cc(Br)c1OC. The highest BCUT2D eigenvalue weighted by molar-refractivity contribution is 9.10. The van der Waals surface area contributed by atoms with Crippen molar-refractivity contribution in [2.45, 2.75) is 0 Å². The monoisotopic (exact) mass is 359 g/mol. The van der Waals surface area contributed by atoms with Crippen molar-refractivity contribution in [3.63, 3.8) is 0 Å². The van der Waals surface area contributed by atoms with Crippen LogP contribution < -0.4 is 14.8 Å². The van der Waals surface area contributed by atoms with E-state index in [0.29, 0.717) is 20.7 Å². The normalized spacial score (nSPS) is 16.7. The first kappa shape index (κ1) is 14.4. The van der Waals surface area contributed by atoms with Gasteiger partial charge in [0.1, 0.15) is 4.32 Å². The zero-order chi connectivity index (χ0) is 14.0. The summed E-state index contributed by atoms with van der Waals surface area (Å²) < 4.78 is 11.7. The predicted molar refractivity (Wildman–Crippen MR) is 83.6 cm³/mol. The van der Waals surface area contributed by atoms with Gasteiger partial charge in [-0.1, -0.05) is 24.0 Å². The number of carbonyl (C=O) groups excluding carboxylic acids is 1. The number of carbonyl (C=O) groups is 1. The standard InChI is InChI=1S/C12H10BrNO3S2/c1-16-8-4-6(3-7(13)10(8)17-2)5-9-11(15)14-12(18)19-9/h3-5H,1-2H3,(H,14,15,18)/b9-5+. The molecule has 1 aromatic rings. The first-order valence-corrected chi connectivity index (χ1v) is 7.23. The summed E-state index contributed by atoms with van der Waals surface area (Å²) in [5, 5.41) is 2.57. The first-order valence-electron chi connectivity index (χ1n) is 5.21. The Hall–Kier alpha value is -1.05. The second-order valence-electron chi connectivity index (χ2n) is 3.59. The fourth-order valence-electron chi connectivity index (χ4n) is 1.59. The molecule has 7 heteroatoms. The van der Waals surface area contributed by atoms with E-state index in [-0.39, 0.29) is 5.91 Å². The van der Waals surface area contributed by atoms with E-state index in [4.69, 9.17) is 21.7 Å². The van der Waals surface area contributed by atoms with Gasteiger partial charge in [0.25, 0.3) is 5.91 Å². The zero-order valence-electron chi connectivity index (χ0n) is 10.2. The van der Waals surface area contributed by atoms with Crippen LogP contribution in [0.4, 0.5) is 0 Å². The molecule has 1 heterocycles. The highest BCUT2D eigenvalue weighted by Crippen LogP contribution is 2.37. The minimum Gasteiger partial charge on any atom is -0.493 e. The van der Waals surface area contributed by atoms with Gasteiger partial charge in [-0.05, 0) is 39.7 Å². The van der Waals surface area contributed by atoms with E-state index in [1.54, 1.807) is 26.4 Å². The molecule has 1 aliphatic heterocycles. The minimum atomic E-state index is -0.180. The number of thioether (sulfide) groups is 1. The van der Waals surface area contributed by atoms with Crippen LogP contribution in [-0.2, 0) is 4.79 Å². The number of hydrogen-bond acceptors (Lipinski definition) is 5. The maximum atomic E-state index is 11.6. The molecule has 1 fully saturated rings. The van der Waals surface area contributed by atoms with Crippen molar-refractivity contribution in [2.75, 3.05) is 14.2 Å². The summed E-state index contributed by atoms with van der Waals surface area (Å²) in [6.07, 6.45) is 1.76. The summed E-state index contributed by atoms with van der Waals surface area (Å²) >= 11 is 9.59. The fraction of sp³-hybridized carbons (Fsp3) is 0.167. The molecule has 1 N–H and O–H groups in total. The van der Waals surface area contributed by atoms with Crippen LogP contribution in [0.1, 0.15) is 5.56 Å². The van der Waals surface area contributed by atoms with Crippen LogP contribution in [0.25, 0.3) is 6.08 Å². The third-order valence-corrected chi connectivity index (χ3v) is 4.15. The highest BCUT2D eigenvalue weighted by atomic mass is 79.9. The van der Waals surface area contributed by atoms with Gasteiger partial charge in [-0.25, -0.2) is 0 Å². The number of methoxy groups -OCH3 is 2. The van der Waals surface area contributed by atoms with Gasteiger partial charge in [-0.2, -0.15) is 0 Å². The number of ether oxygens (including phenoxy) is 2. The predicted octanol–water partition coefficient (Wildman–Crippen LogP) is 2.96. The number of amides is 1. The molecular formula is C12H10BrNO3S2. The van der Waals surface area contributed by atoms with Gasteiger partial charge >= 0.3 is 0 Å².